The number of aromatic carboxylic acids is 1. The molecule has 1 N–H and O–H groups in total. The van der Waals surface area contributed by atoms with E-state index in [9.17, 15) is 4.79 Å². The molecule has 2 aromatic carbocycles. The molecule has 4 nitrogen and oxygen atoms in total. The van der Waals surface area contributed by atoms with Gasteiger partial charge in [0.05, 0.1) is 11.3 Å². The van der Waals surface area contributed by atoms with Crippen LogP contribution in [-0.4, -0.2) is 21.9 Å². The highest BCUT2D eigenvalue weighted by Crippen LogP contribution is 2.24. The summed E-state index contributed by atoms with van der Waals surface area (Å²) in [6.07, 6.45) is 1.80. The average molecular weight is 411 g/mol. The number of aliphatic imine (C=N–C) groups is 1. The second-order valence-electron chi connectivity index (χ2n) is 6.20. The molecule has 0 bridgehead atoms. The van der Waals surface area contributed by atoms with Gasteiger partial charge in [0, 0.05) is 33.3 Å². The fourth-order valence-corrected chi connectivity index (χ4v) is 3.19. The van der Waals surface area contributed by atoms with Gasteiger partial charge >= 0.3 is 5.97 Å². The van der Waals surface area contributed by atoms with Crippen LogP contribution in [0.1, 0.15) is 32.9 Å². The number of rotatable bonds is 4. The van der Waals surface area contributed by atoms with E-state index in [2.05, 4.69) is 57.5 Å². The van der Waals surface area contributed by atoms with Gasteiger partial charge in [-0.1, -0.05) is 22.0 Å². The Labute approximate surface area is 161 Å². The molecule has 5 heteroatoms. The highest BCUT2D eigenvalue weighted by atomic mass is 79.9. The molecule has 0 saturated carbocycles. The molecule has 0 saturated heterocycles. The molecule has 0 aliphatic carbocycles. The zero-order chi connectivity index (χ0) is 18.8. The van der Waals surface area contributed by atoms with Crippen molar-refractivity contribution in [3.8, 4) is 5.69 Å². The Balaban J connectivity index is 1.98. The van der Waals surface area contributed by atoms with Crippen LogP contribution < -0.4 is 0 Å². The molecule has 0 radical (unpaired) electrons. The summed E-state index contributed by atoms with van der Waals surface area (Å²) >= 11 is 3.46. The molecular weight excluding hydrogens is 392 g/mol. The lowest BCUT2D eigenvalue weighted by molar-refractivity contribution is 0.0697. The van der Waals surface area contributed by atoms with Crippen LogP contribution in [0.2, 0.25) is 0 Å². The lowest BCUT2D eigenvalue weighted by atomic mass is 10.1. The van der Waals surface area contributed by atoms with Crippen molar-refractivity contribution in [1.29, 1.82) is 0 Å². The standard InChI is InChI=1S/C21H19BrN2O2/c1-13-4-5-16(21(25)26)11-20(13)23-12-17-10-14(2)24(15(17)3)19-8-6-18(22)7-9-19/h4-12H,1-3H3,(H,25,26). The Morgan fingerprint density at radius 2 is 1.77 bits per heavy atom. The van der Waals surface area contributed by atoms with E-state index in [-0.39, 0.29) is 5.56 Å². The second-order valence-corrected chi connectivity index (χ2v) is 7.12. The van der Waals surface area contributed by atoms with E-state index in [0.717, 1.165) is 32.7 Å². The number of aromatic nitrogens is 1. The first kappa shape index (κ1) is 18.1. The summed E-state index contributed by atoms with van der Waals surface area (Å²) < 4.78 is 3.22. The van der Waals surface area contributed by atoms with Crippen LogP contribution in [0.3, 0.4) is 0 Å². The number of nitrogens with zero attached hydrogens (tertiary/aromatic N) is 2. The topological polar surface area (TPSA) is 54.6 Å². The van der Waals surface area contributed by atoms with Crippen molar-refractivity contribution in [2.45, 2.75) is 20.8 Å². The minimum absolute atomic E-state index is 0.239. The number of carboxylic acids is 1. The molecule has 0 aliphatic rings. The fourth-order valence-electron chi connectivity index (χ4n) is 2.93. The van der Waals surface area contributed by atoms with Gasteiger partial charge in [-0.05, 0) is 68.8 Å². The van der Waals surface area contributed by atoms with Gasteiger partial charge in [0.2, 0.25) is 0 Å². The predicted octanol–water partition coefficient (Wildman–Crippen LogP) is 5.61. The normalized spacial score (nSPS) is 11.2. The lowest BCUT2D eigenvalue weighted by Crippen LogP contribution is -1.99. The number of hydrogen-bond acceptors (Lipinski definition) is 2. The third kappa shape index (κ3) is 3.63. The largest absolute Gasteiger partial charge is 0.478 e. The van der Waals surface area contributed by atoms with Crippen LogP contribution in [-0.2, 0) is 0 Å². The average Bonchev–Trinajstić information content (AvgIpc) is 2.89. The van der Waals surface area contributed by atoms with E-state index in [4.69, 9.17) is 5.11 Å². The SMILES string of the molecule is Cc1ccc(C(=O)O)cc1N=Cc1cc(C)n(-c2ccc(Br)cc2)c1C. The van der Waals surface area contributed by atoms with E-state index in [1.54, 1.807) is 24.4 Å². The van der Waals surface area contributed by atoms with Gasteiger partial charge in [0.15, 0.2) is 0 Å². The Hall–Kier alpha value is -2.66. The summed E-state index contributed by atoms with van der Waals surface area (Å²) in [5.74, 6) is -0.949. The molecule has 0 amide bonds. The Morgan fingerprint density at radius 1 is 1.08 bits per heavy atom. The highest BCUT2D eigenvalue weighted by molar-refractivity contribution is 9.10. The van der Waals surface area contributed by atoms with Crippen LogP contribution in [0.5, 0.6) is 0 Å². The Kier molecular flexibility index (Phi) is 5.09. The number of carbonyl (C=O) groups is 1. The molecule has 3 aromatic rings. The van der Waals surface area contributed by atoms with Gasteiger partial charge in [0.25, 0.3) is 0 Å². The second kappa shape index (κ2) is 7.30. The van der Waals surface area contributed by atoms with Crippen molar-refractivity contribution in [3.05, 3.63) is 81.1 Å². The first-order chi connectivity index (χ1) is 12.4. The van der Waals surface area contributed by atoms with E-state index < -0.39 is 5.97 Å². The van der Waals surface area contributed by atoms with Gasteiger partial charge in [-0.3, -0.25) is 4.99 Å². The summed E-state index contributed by atoms with van der Waals surface area (Å²) in [4.78, 5) is 15.7. The molecule has 1 aromatic heterocycles. The van der Waals surface area contributed by atoms with Crippen molar-refractivity contribution in [2.24, 2.45) is 4.99 Å². The summed E-state index contributed by atoms with van der Waals surface area (Å²) in [6.45, 7) is 6.03. The molecule has 26 heavy (non-hydrogen) atoms. The molecular formula is C21H19BrN2O2. The molecule has 0 aliphatic heterocycles. The molecule has 0 atom stereocenters. The Morgan fingerprint density at radius 3 is 2.42 bits per heavy atom. The maximum absolute atomic E-state index is 11.2. The summed E-state index contributed by atoms with van der Waals surface area (Å²) in [6, 6.07) is 15.2. The zero-order valence-electron chi connectivity index (χ0n) is 14.8. The minimum Gasteiger partial charge on any atom is -0.478 e. The summed E-state index contributed by atoms with van der Waals surface area (Å²) in [5.41, 5.74) is 6.13. The van der Waals surface area contributed by atoms with Gasteiger partial charge in [-0.2, -0.15) is 0 Å². The number of benzene rings is 2. The number of hydrogen-bond donors (Lipinski definition) is 1. The maximum Gasteiger partial charge on any atom is 0.335 e. The van der Waals surface area contributed by atoms with Crippen LogP contribution in [0, 0.1) is 20.8 Å². The van der Waals surface area contributed by atoms with Gasteiger partial charge in [-0.25, -0.2) is 4.79 Å². The van der Waals surface area contributed by atoms with E-state index in [1.165, 1.54) is 0 Å². The smallest absolute Gasteiger partial charge is 0.335 e. The molecule has 0 spiro atoms. The summed E-state index contributed by atoms with van der Waals surface area (Å²) in [7, 11) is 0. The number of carboxylic acid groups (broad SMARTS) is 1. The molecule has 1 heterocycles. The fraction of sp³-hybridized carbons (Fsp3) is 0.143. The zero-order valence-corrected chi connectivity index (χ0v) is 16.4. The third-order valence-corrected chi connectivity index (χ3v) is 4.88. The predicted molar refractivity (Wildman–Crippen MR) is 108 cm³/mol. The van der Waals surface area contributed by atoms with Gasteiger partial charge < -0.3 is 9.67 Å². The number of aryl methyl sites for hydroxylation is 2. The molecule has 132 valence electrons. The van der Waals surface area contributed by atoms with Crippen molar-refractivity contribution >= 4 is 33.8 Å². The first-order valence-electron chi connectivity index (χ1n) is 8.19. The van der Waals surface area contributed by atoms with E-state index >= 15 is 0 Å². The van der Waals surface area contributed by atoms with Gasteiger partial charge in [0.1, 0.15) is 0 Å². The lowest BCUT2D eigenvalue weighted by Gasteiger charge is -2.09. The van der Waals surface area contributed by atoms with Crippen LogP contribution in [0.15, 0.2) is 58.0 Å². The quantitative estimate of drug-likeness (QED) is 0.567. The van der Waals surface area contributed by atoms with Crippen LogP contribution in [0.25, 0.3) is 5.69 Å². The molecule has 0 fully saturated rings. The molecule has 0 unspecified atom stereocenters. The maximum atomic E-state index is 11.2. The van der Waals surface area contributed by atoms with Crippen molar-refractivity contribution in [2.75, 3.05) is 0 Å². The highest BCUT2D eigenvalue weighted by Gasteiger charge is 2.10. The van der Waals surface area contributed by atoms with E-state index in [0.29, 0.717) is 5.69 Å². The first-order valence-corrected chi connectivity index (χ1v) is 8.99. The third-order valence-electron chi connectivity index (χ3n) is 4.35. The van der Waals surface area contributed by atoms with E-state index in [1.807, 2.05) is 19.1 Å². The Bertz CT molecular complexity index is 1000. The summed E-state index contributed by atoms with van der Waals surface area (Å²) in [5, 5.41) is 9.16. The van der Waals surface area contributed by atoms with Crippen molar-refractivity contribution < 1.29 is 9.90 Å². The molecule has 3 rings (SSSR count). The van der Waals surface area contributed by atoms with Crippen LogP contribution in [0.4, 0.5) is 5.69 Å². The monoisotopic (exact) mass is 410 g/mol. The van der Waals surface area contributed by atoms with Crippen molar-refractivity contribution in [1.82, 2.24) is 4.57 Å². The van der Waals surface area contributed by atoms with Crippen molar-refractivity contribution in [3.63, 3.8) is 0 Å². The number of halogens is 1. The minimum atomic E-state index is -0.949. The van der Waals surface area contributed by atoms with Crippen LogP contribution >= 0.6 is 15.9 Å². The van der Waals surface area contributed by atoms with Gasteiger partial charge in [-0.15, -0.1) is 0 Å².